The van der Waals surface area contributed by atoms with Crippen molar-refractivity contribution >= 4 is 5.97 Å². The van der Waals surface area contributed by atoms with Crippen LogP contribution in [0.4, 0.5) is 0 Å². The summed E-state index contributed by atoms with van der Waals surface area (Å²) < 4.78 is 5.26. The number of aliphatic hydroxyl groups is 4. The predicted octanol–water partition coefficient (Wildman–Crippen LogP) is -0.795. The lowest BCUT2D eigenvalue weighted by molar-refractivity contribution is -0.207. The van der Waals surface area contributed by atoms with Gasteiger partial charge in [-0.3, -0.25) is 4.79 Å². The standard InChI is InChI=1S/C15H22O6/c1-6(2)15(20)10-9-8(17)4-7(5-16)14(9,3)11(18)12(15)21-13(10)19/h4,6,8-12,16-18,20H,5H2,1-3H3/t8-,9+,10+,11-,12+,14+,15-/m1/s1. The fraction of sp³-hybridized carbons (Fsp3) is 0.800. The molecule has 1 saturated heterocycles. The summed E-state index contributed by atoms with van der Waals surface area (Å²) in [4.78, 5) is 12.3. The topological polar surface area (TPSA) is 107 Å². The van der Waals surface area contributed by atoms with E-state index < -0.39 is 47.1 Å². The van der Waals surface area contributed by atoms with Crippen molar-refractivity contribution in [1.82, 2.24) is 0 Å². The van der Waals surface area contributed by atoms with E-state index in [2.05, 4.69) is 0 Å². The Kier molecular flexibility index (Phi) is 3.05. The molecule has 21 heavy (non-hydrogen) atoms. The molecular weight excluding hydrogens is 276 g/mol. The van der Waals surface area contributed by atoms with Crippen LogP contribution < -0.4 is 0 Å². The molecule has 3 rings (SSSR count). The van der Waals surface area contributed by atoms with E-state index in [-0.39, 0.29) is 12.5 Å². The molecule has 0 unspecified atom stereocenters. The first-order valence-electron chi connectivity index (χ1n) is 7.31. The number of carbonyl (C=O) groups is 1. The van der Waals surface area contributed by atoms with Gasteiger partial charge in [0.05, 0.1) is 18.6 Å². The highest BCUT2D eigenvalue weighted by Crippen LogP contribution is 2.62. The molecule has 0 aromatic carbocycles. The second-order valence-corrected chi connectivity index (χ2v) is 6.97. The van der Waals surface area contributed by atoms with E-state index in [0.29, 0.717) is 5.57 Å². The lowest BCUT2D eigenvalue weighted by atomic mass is 9.53. The monoisotopic (exact) mass is 298 g/mol. The summed E-state index contributed by atoms with van der Waals surface area (Å²) in [6, 6.07) is 0. The molecule has 2 aliphatic carbocycles. The maximum atomic E-state index is 12.3. The lowest BCUT2D eigenvalue weighted by Crippen LogP contribution is -2.67. The first-order chi connectivity index (χ1) is 9.70. The Balaban J connectivity index is 2.18. The van der Waals surface area contributed by atoms with Gasteiger partial charge < -0.3 is 25.2 Å². The molecule has 7 atom stereocenters. The minimum atomic E-state index is -1.51. The van der Waals surface area contributed by atoms with Gasteiger partial charge in [0, 0.05) is 11.3 Å². The van der Waals surface area contributed by atoms with Crippen LogP contribution in [0.1, 0.15) is 20.8 Å². The number of ether oxygens (including phenoxy) is 1. The molecule has 0 radical (unpaired) electrons. The fourth-order valence-electron chi connectivity index (χ4n) is 4.62. The average Bonchev–Trinajstić information content (AvgIpc) is 2.79. The summed E-state index contributed by atoms with van der Waals surface area (Å²) in [7, 11) is 0. The highest BCUT2D eigenvalue weighted by molar-refractivity contribution is 5.79. The van der Waals surface area contributed by atoms with Crippen LogP contribution >= 0.6 is 0 Å². The summed E-state index contributed by atoms with van der Waals surface area (Å²) in [5, 5.41) is 41.6. The molecule has 0 aromatic rings. The number of hydrogen-bond donors (Lipinski definition) is 4. The van der Waals surface area contributed by atoms with Gasteiger partial charge in [0.2, 0.25) is 0 Å². The SMILES string of the molecule is CC(C)[C@@]1(O)[C@@H]2C(=O)O[C@H]1[C@@H](O)[C@@]1(C)C(CO)=C[C@@H](O)[C@@H]21. The molecule has 1 saturated carbocycles. The van der Waals surface area contributed by atoms with Crippen LogP contribution in [0.2, 0.25) is 0 Å². The summed E-state index contributed by atoms with van der Waals surface area (Å²) in [5.74, 6) is -2.52. The van der Waals surface area contributed by atoms with E-state index in [1.165, 1.54) is 6.08 Å². The zero-order chi connectivity index (χ0) is 15.7. The second kappa shape index (κ2) is 4.29. The number of hydrogen-bond acceptors (Lipinski definition) is 6. The summed E-state index contributed by atoms with van der Waals surface area (Å²) in [6.07, 6.45) is -1.74. The van der Waals surface area contributed by atoms with Gasteiger partial charge >= 0.3 is 5.97 Å². The van der Waals surface area contributed by atoms with E-state index >= 15 is 0 Å². The van der Waals surface area contributed by atoms with Crippen LogP contribution in [-0.4, -0.2) is 56.9 Å². The Morgan fingerprint density at radius 1 is 1.38 bits per heavy atom. The van der Waals surface area contributed by atoms with Crippen molar-refractivity contribution in [3.8, 4) is 0 Å². The Hall–Kier alpha value is -0.950. The fourth-order valence-corrected chi connectivity index (χ4v) is 4.62. The van der Waals surface area contributed by atoms with Crippen molar-refractivity contribution in [3.05, 3.63) is 11.6 Å². The number of aliphatic hydroxyl groups excluding tert-OH is 3. The smallest absolute Gasteiger partial charge is 0.312 e. The molecule has 2 bridgehead atoms. The molecule has 118 valence electrons. The molecule has 0 aromatic heterocycles. The first kappa shape index (κ1) is 15.0. The normalized spacial score (nSPS) is 51.9. The first-order valence-corrected chi connectivity index (χ1v) is 7.31. The summed E-state index contributed by atoms with van der Waals surface area (Å²) >= 11 is 0. The molecule has 2 fully saturated rings. The third-order valence-electron chi connectivity index (χ3n) is 5.93. The van der Waals surface area contributed by atoms with Crippen LogP contribution in [0.3, 0.4) is 0 Å². The number of esters is 1. The van der Waals surface area contributed by atoms with Crippen molar-refractivity contribution in [2.24, 2.45) is 23.2 Å². The van der Waals surface area contributed by atoms with Crippen LogP contribution in [0, 0.1) is 23.2 Å². The van der Waals surface area contributed by atoms with E-state index in [0.717, 1.165) is 0 Å². The van der Waals surface area contributed by atoms with Gasteiger partial charge in [-0.1, -0.05) is 26.8 Å². The Labute approximate surface area is 123 Å². The second-order valence-electron chi connectivity index (χ2n) is 6.97. The molecule has 1 aliphatic heterocycles. The highest BCUT2D eigenvalue weighted by atomic mass is 16.6. The van der Waals surface area contributed by atoms with E-state index in [4.69, 9.17) is 4.74 Å². The molecule has 0 amide bonds. The minimum absolute atomic E-state index is 0.311. The summed E-state index contributed by atoms with van der Waals surface area (Å²) in [6.45, 7) is 4.93. The quantitative estimate of drug-likeness (QED) is 0.393. The molecule has 3 aliphatic rings. The van der Waals surface area contributed by atoms with E-state index in [1.807, 2.05) is 0 Å². The Morgan fingerprint density at radius 2 is 2.00 bits per heavy atom. The van der Waals surface area contributed by atoms with E-state index in [1.54, 1.807) is 20.8 Å². The number of fused-ring (bicyclic) bond motifs is 4. The Morgan fingerprint density at radius 3 is 2.52 bits per heavy atom. The largest absolute Gasteiger partial charge is 0.456 e. The van der Waals surface area contributed by atoms with Crippen molar-refractivity contribution in [1.29, 1.82) is 0 Å². The van der Waals surface area contributed by atoms with Crippen molar-refractivity contribution in [2.45, 2.75) is 44.7 Å². The van der Waals surface area contributed by atoms with Crippen molar-refractivity contribution in [2.75, 3.05) is 6.61 Å². The number of carbonyl (C=O) groups excluding carboxylic acids is 1. The van der Waals surface area contributed by atoms with Crippen LogP contribution in [0.5, 0.6) is 0 Å². The molecule has 6 nitrogen and oxygen atoms in total. The van der Waals surface area contributed by atoms with E-state index in [9.17, 15) is 25.2 Å². The highest BCUT2D eigenvalue weighted by Gasteiger charge is 2.74. The van der Waals surface area contributed by atoms with Gasteiger partial charge in [-0.05, 0) is 11.5 Å². The maximum Gasteiger partial charge on any atom is 0.312 e. The van der Waals surface area contributed by atoms with Crippen LogP contribution in [0.25, 0.3) is 0 Å². The third kappa shape index (κ3) is 1.49. The lowest BCUT2D eigenvalue weighted by Gasteiger charge is -2.53. The molecule has 6 heteroatoms. The van der Waals surface area contributed by atoms with Crippen LogP contribution in [-0.2, 0) is 9.53 Å². The van der Waals surface area contributed by atoms with Crippen molar-refractivity contribution in [3.63, 3.8) is 0 Å². The summed E-state index contributed by atoms with van der Waals surface area (Å²) in [5.41, 5.74) is -2.00. The van der Waals surface area contributed by atoms with Gasteiger partial charge in [0.25, 0.3) is 0 Å². The maximum absolute atomic E-state index is 12.3. The zero-order valence-corrected chi connectivity index (χ0v) is 12.4. The van der Waals surface area contributed by atoms with Gasteiger partial charge in [0.1, 0.15) is 11.7 Å². The zero-order valence-electron chi connectivity index (χ0n) is 12.4. The predicted molar refractivity (Wildman–Crippen MR) is 71.9 cm³/mol. The third-order valence-corrected chi connectivity index (χ3v) is 5.93. The molecule has 1 heterocycles. The molecular formula is C15H22O6. The van der Waals surface area contributed by atoms with Gasteiger partial charge in [-0.25, -0.2) is 0 Å². The number of rotatable bonds is 2. The van der Waals surface area contributed by atoms with Crippen molar-refractivity contribution < 1.29 is 30.0 Å². The average molecular weight is 298 g/mol. The Bertz CT molecular complexity index is 514. The van der Waals surface area contributed by atoms with Crippen LogP contribution in [0.15, 0.2) is 11.6 Å². The molecule has 4 N–H and O–H groups in total. The van der Waals surface area contributed by atoms with Gasteiger partial charge in [-0.2, -0.15) is 0 Å². The minimum Gasteiger partial charge on any atom is -0.456 e. The molecule has 0 spiro atoms. The van der Waals surface area contributed by atoms with Gasteiger partial charge in [0.15, 0.2) is 6.10 Å². The van der Waals surface area contributed by atoms with Gasteiger partial charge in [-0.15, -0.1) is 0 Å².